The fraction of sp³-hybridized carbons (Fsp3) is 0.562. The SMILES string of the molecule is CCNC(=O)CN(CC)CCCOc1cccc(C(F)(F)F)c1. The van der Waals surface area contributed by atoms with E-state index in [1.807, 2.05) is 18.7 Å². The first-order valence-electron chi connectivity index (χ1n) is 7.66. The highest BCUT2D eigenvalue weighted by molar-refractivity contribution is 5.77. The van der Waals surface area contributed by atoms with Gasteiger partial charge in [-0.1, -0.05) is 13.0 Å². The van der Waals surface area contributed by atoms with Gasteiger partial charge in [-0.25, -0.2) is 0 Å². The van der Waals surface area contributed by atoms with E-state index in [1.54, 1.807) is 0 Å². The summed E-state index contributed by atoms with van der Waals surface area (Å²) in [7, 11) is 0. The van der Waals surface area contributed by atoms with E-state index in [4.69, 9.17) is 4.74 Å². The average molecular weight is 332 g/mol. The van der Waals surface area contributed by atoms with Crippen molar-refractivity contribution in [3.63, 3.8) is 0 Å². The maximum atomic E-state index is 12.6. The Kier molecular flexibility index (Phi) is 7.88. The molecule has 0 saturated carbocycles. The number of amides is 1. The van der Waals surface area contributed by atoms with Crippen molar-refractivity contribution in [1.82, 2.24) is 10.2 Å². The van der Waals surface area contributed by atoms with Crippen molar-refractivity contribution in [3.8, 4) is 5.75 Å². The number of nitrogens with zero attached hydrogens (tertiary/aromatic N) is 1. The molecule has 0 aromatic heterocycles. The molecular weight excluding hydrogens is 309 g/mol. The van der Waals surface area contributed by atoms with Gasteiger partial charge in [0, 0.05) is 13.1 Å². The largest absolute Gasteiger partial charge is 0.494 e. The Morgan fingerprint density at radius 3 is 2.65 bits per heavy atom. The number of likely N-dealkylation sites (N-methyl/N-ethyl adjacent to an activating group) is 2. The number of benzene rings is 1. The molecule has 130 valence electrons. The summed E-state index contributed by atoms with van der Waals surface area (Å²) in [5.41, 5.74) is -0.721. The van der Waals surface area contributed by atoms with Crippen LogP contribution in [0.25, 0.3) is 0 Å². The molecule has 0 spiro atoms. The van der Waals surface area contributed by atoms with E-state index < -0.39 is 11.7 Å². The number of alkyl halides is 3. The van der Waals surface area contributed by atoms with Crippen molar-refractivity contribution in [2.24, 2.45) is 0 Å². The highest BCUT2D eigenvalue weighted by atomic mass is 19.4. The standard InChI is InChI=1S/C16H23F3N2O2/c1-3-20-15(22)12-21(4-2)9-6-10-23-14-8-5-7-13(11-14)16(17,18)19/h5,7-8,11H,3-4,6,9-10,12H2,1-2H3,(H,20,22). The molecule has 0 fully saturated rings. The molecule has 0 heterocycles. The molecule has 4 nitrogen and oxygen atoms in total. The van der Waals surface area contributed by atoms with Crippen LogP contribution in [0.5, 0.6) is 5.75 Å². The lowest BCUT2D eigenvalue weighted by Crippen LogP contribution is -2.37. The van der Waals surface area contributed by atoms with Crippen LogP contribution in [0.4, 0.5) is 13.2 Å². The zero-order chi connectivity index (χ0) is 17.3. The maximum Gasteiger partial charge on any atom is 0.416 e. The minimum atomic E-state index is -4.37. The molecule has 23 heavy (non-hydrogen) atoms. The number of rotatable bonds is 9. The number of hydrogen-bond donors (Lipinski definition) is 1. The van der Waals surface area contributed by atoms with Crippen LogP contribution in [-0.2, 0) is 11.0 Å². The van der Waals surface area contributed by atoms with Crippen LogP contribution in [0.3, 0.4) is 0 Å². The van der Waals surface area contributed by atoms with Crippen molar-refractivity contribution in [2.75, 3.05) is 32.8 Å². The Morgan fingerprint density at radius 2 is 2.04 bits per heavy atom. The van der Waals surface area contributed by atoms with E-state index in [1.165, 1.54) is 12.1 Å². The van der Waals surface area contributed by atoms with E-state index in [9.17, 15) is 18.0 Å². The van der Waals surface area contributed by atoms with Crippen molar-refractivity contribution >= 4 is 5.91 Å². The molecule has 1 amide bonds. The third kappa shape index (κ3) is 7.36. The fourth-order valence-corrected chi connectivity index (χ4v) is 2.05. The average Bonchev–Trinajstić information content (AvgIpc) is 2.50. The van der Waals surface area contributed by atoms with E-state index in [2.05, 4.69) is 5.32 Å². The Labute approximate surface area is 134 Å². The zero-order valence-corrected chi connectivity index (χ0v) is 13.4. The normalized spacial score (nSPS) is 11.6. The lowest BCUT2D eigenvalue weighted by Gasteiger charge is -2.19. The summed E-state index contributed by atoms with van der Waals surface area (Å²) in [5.74, 6) is 0.166. The van der Waals surface area contributed by atoms with Crippen LogP contribution in [0, 0.1) is 0 Å². The second kappa shape index (κ2) is 9.39. The molecule has 0 unspecified atom stereocenters. The van der Waals surface area contributed by atoms with Crippen molar-refractivity contribution < 1.29 is 22.7 Å². The van der Waals surface area contributed by atoms with Gasteiger partial charge in [-0.3, -0.25) is 9.69 Å². The Bertz CT molecular complexity index is 492. The van der Waals surface area contributed by atoms with Gasteiger partial charge in [0.05, 0.1) is 18.7 Å². The van der Waals surface area contributed by atoms with Crippen LogP contribution in [0.2, 0.25) is 0 Å². The van der Waals surface area contributed by atoms with E-state index >= 15 is 0 Å². The van der Waals surface area contributed by atoms with Crippen LogP contribution < -0.4 is 10.1 Å². The monoisotopic (exact) mass is 332 g/mol. The number of halogens is 3. The van der Waals surface area contributed by atoms with Crippen molar-refractivity contribution in [3.05, 3.63) is 29.8 Å². The molecule has 0 bridgehead atoms. The summed E-state index contributed by atoms with van der Waals surface area (Å²) in [5, 5.41) is 2.73. The highest BCUT2D eigenvalue weighted by Gasteiger charge is 2.30. The van der Waals surface area contributed by atoms with Gasteiger partial charge in [0.25, 0.3) is 0 Å². The summed E-state index contributed by atoms with van der Waals surface area (Å²) in [4.78, 5) is 13.5. The molecule has 1 aromatic rings. The third-order valence-corrected chi connectivity index (χ3v) is 3.24. The molecule has 0 atom stereocenters. The zero-order valence-electron chi connectivity index (χ0n) is 13.4. The number of ether oxygens (including phenoxy) is 1. The molecule has 0 saturated heterocycles. The van der Waals surface area contributed by atoms with Crippen molar-refractivity contribution in [2.45, 2.75) is 26.4 Å². The van der Waals surface area contributed by atoms with Gasteiger partial charge < -0.3 is 10.1 Å². The minimum absolute atomic E-state index is 0.0341. The summed E-state index contributed by atoms with van der Waals surface area (Å²) < 4.78 is 43.1. The first-order valence-corrected chi connectivity index (χ1v) is 7.66. The van der Waals surface area contributed by atoms with Gasteiger partial charge in [0.15, 0.2) is 0 Å². The number of nitrogens with one attached hydrogen (secondary N) is 1. The Hall–Kier alpha value is -1.76. The van der Waals surface area contributed by atoms with Crippen molar-refractivity contribution in [1.29, 1.82) is 0 Å². The summed E-state index contributed by atoms with van der Waals surface area (Å²) in [6, 6.07) is 4.83. The second-order valence-electron chi connectivity index (χ2n) is 5.05. The first kappa shape index (κ1) is 19.3. The van der Waals surface area contributed by atoms with Gasteiger partial charge in [-0.15, -0.1) is 0 Å². The lowest BCUT2D eigenvalue weighted by molar-refractivity contribution is -0.137. The molecule has 0 aliphatic carbocycles. The minimum Gasteiger partial charge on any atom is -0.494 e. The third-order valence-electron chi connectivity index (χ3n) is 3.24. The van der Waals surface area contributed by atoms with E-state index in [0.717, 1.165) is 18.7 Å². The molecule has 1 aromatic carbocycles. The van der Waals surface area contributed by atoms with Crippen LogP contribution in [0.15, 0.2) is 24.3 Å². The second-order valence-corrected chi connectivity index (χ2v) is 5.05. The number of hydrogen-bond acceptors (Lipinski definition) is 3. The maximum absolute atomic E-state index is 12.6. The molecule has 7 heteroatoms. The van der Waals surface area contributed by atoms with Gasteiger partial charge in [0.1, 0.15) is 5.75 Å². The molecule has 1 N–H and O–H groups in total. The molecule has 0 radical (unpaired) electrons. The van der Waals surface area contributed by atoms with Crippen LogP contribution in [0.1, 0.15) is 25.8 Å². The van der Waals surface area contributed by atoms with Gasteiger partial charge in [-0.05, 0) is 38.1 Å². The Morgan fingerprint density at radius 1 is 1.30 bits per heavy atom. The van der Waals surface area contributed by atoms with E-state index in [-0.39, 0.29) is 11.7 Å². The summed E-state index contributed by atoms with van der Waals surface area (Å²) >= 11 is 0. The molecular formula is C16H23F3N2O2. The number of carbonyl (C=O) groups is 1. The quantitative estimate of drug-likeness (QED) is 0.707. The van der Waals surface area contributed by atoms with Gasteiger partial charge in [-0.2, -0.15) is 13.2 Å². The van der Waals surface area contributed by atoms with E-state index in [0.29, 0.717) is 32.7 Å². The first-order chi connectivity index (χ1) is 10.9. The predicted octanol–water partition coefficient (Wildman–Crippen LogP) is 2.93. The summed E-state index contributed by atoms with van der Waals surface area (Å²) in [6.07, 6.45) is -3.74. The summed E-state index contributed by atoms with van der Waals surface area (Å²) in [6.45, 7) is 6.38. The van der Waals surface area contributed by atoms with Crippen LogP contribution >= 0.6 is 0 Å². The number of carbonyl (C=O) groups excluding carboxylic acids is 1. The van der Waals surface area contributed by atoms with Gasteiger partial charge in [0.2, 0.25) is 5.91 Å². The lowest BCUT2D eigenvalue weighted by atomic mass is 10.2. The van der Waals surface area contributed by atoms with Gasteiger partial charge >= 0.3 is 6.18 Å². The fourth-order valence-electron chi connectivity index (χ4n) is 2.05. The molecule has 0 aliphatic rings. The smallest absolute Gasteiger partial charge is 0.416 e. The molecule has 1 rings (SSSR count). The topological polar surface area (TPSA) is 41.6 Å². The predicted molar refractivity (Wildman–Crippen MR) is 82.4 cm³/mol. The molecule has 0 aliphatic heterocycles. The highest BCUT2D eigenvalue weighted by Crippen LogP contribution is 2.31. The van der Waals surface area contributed by atoms with Crippen LogP contribution in [-0.4, -0.2) is 43.6 Å². The Balaban J connectivity index is 2.37.